The molecule has 2 heterocycles. The maximum Gasteiger partial charge on any atom is 0.451 e. The normalized spacial score (nSPS) is 19.8. The van der Waals surface area contributed by atoms with Crippen molar-refractivity contribution in [1.82, 2.24) is 19.6 Å². The van der Waals surface area contributed by atoms with Crippen LogP contribution < -0.4 is 10.6 Å². The molecule has 0 spiro atoms. The van der Waals surface area contributed by atoms with Crippen LogP contribution in [0.15, 0.2) is 53.3 Å². The molecule has 206 valence electrons. The fourth-order valence-electron chi connectivity index (χ4n) is 3.57. The molecule has 1 amide bonds. The molecular formula is C22H21F7N6O2S. The van der Waals surface area contributed by atoms with Crippen LogP contribution >= 0.6 is 0 Å². The summed E-state index contributed by atoms with van der Waals surface area (Å²) in [5.74, 6) is -2.74. The second-order valence-electron chi connectivity index (χ2n) is 8.20. The van der Waals surface area contributed by atoms with Gasteiger partial charge in [-0.1, -0.05) is 0 Å². The van der Waals surface area contributed by atoms with Gasteiger partial charge in [0, 0.05) is 18.3 Å². The summed E-state index contributed by atoms with van der Waals surface area (Å²) >= 11 is -1.86. The van der Waals surface area contributed by atoms with Gasteiger partial charge in [-0.25, -0.2) is 14.4 Å². The van der Waals surface area contributed by atoms with E-state index in [1.165, 1.54) is 16.4 Å². The van der Waals surface area contributed by atoms with Crippen LogP contribution in [0.4, 0.5) is 36.4 Å². The number of halogens is 7. The highest BCUT2D eigenvalue weighted by Gasteiger charge is 2.44. The van der Waals surface area contributed by atoms with E-state index < -0.39 is 65.1 Å². The number of rotatable bonds is 8. The van der Waals surface area contributed by atoms with Crippen molar-refractivity contribution in [3.63, 3.8) is 0 Å². The molecule has 1 aliphatic heterocycles. The predicted octanol–water partition coefficient (Wildman–Crippen LogP) is 4.20. The molecule has 1 aliphatic rings. The van der Waals surface area contributed by atoms with E-state index in [4.69, 9.17) is 5.41 Å². The Bertz CT molecular complexity index is 1170. The first-order valence-electron chi connectivity index (χ1n) is 10.9. The van der Waals surface area contributed by atoms with E-state index in [-0.39, 0.29) is 23.0 Å². The monoisotopic (exact) mass is 566 g/mol. The lowest BCUT2D eigenvalue weighted by molar-refractivity contribution is -0.145. The highest BCUT2D eigenvalue weighted by atomic mass is 32.2. The first-order valence-corrected chi connectivity index (χ1v) is 12.0. The summed E-state index contributed by atoms with van der Waals surface area (Å²) in [6.07, 6.45) is -7.10. The van der Waals surface area contributed by atoms with Gasteiger partial charge in [0.25, 0.3) is 0 Å². The molecule has 2 aromatic rings. The highest BCUT2D eigenvalue weighted by molar-refractivity contribution is 7.89. The Morgan fingerprint density at radius 1 is 1.16 bits per heavy atom. The van der Waals surface area contributed by atoms with E-state index in [1.807, 2.05) is 0 Å². The number of benzene rings is 1. The third kappa shape index (κ3) is 7.20. The molecular weight excluding hydrogens is 545 g/mol. The summed E-state index contributed by atoms with van der Waals surface area (Å²) < 4.78 is 105. The minimum absolute atomic E-state index is 0.192. The number of carbonyl (C=O) groups is 1. The Balaban J connectivity index is 1.74. The van der Waals surface area contributed by atoms with Gasteiger partial charge in [-0.3, -0.25) is 10.2 Å². The molecule has 38 heavy (non-hydrogen) atoms. The zero-order valence-corrected chi connectivity index (χ0v) is 20.3. The molecule has 1 saturated heterocycles. The van der Waals surface area contributed by atoms with Crippen LogP contribution in [0.1, 0.15) is 25.6 Å². The number of hydrogen-bond acceptors (Lipinski definition) is 7. The molecule has 8 nitrogen and oxygen atoms in total. The number of nitrogens with one attached hydrogen (secondary N) is 3. The van der Waals surface area contributed by atoms with Crippen LogP contribution in [0.25, 0.3) is 0 Å². The van der Waals surface area contributed by atoms with E-state index in [0.717, 1.165) is 12.1 Å². The molecule has 3 atom stereocenters. The highest BCUT2D eigenvalue weighted by Crippen LogP contribution is 2.31. The second kappa shape index (κ2) is 11.7. The smallest absolute Gasteiger partial charge is 0.451 e. The first kappa shape index (κ1) is 29.3. The lowest BCUT2D eigenvalue weighted by Crippen LogP contribution is -2.48. The van der Waals surface area contributed by atoms with E-state index in [0.29, 0.717) is 25.0 Å². The van der Waals surface area contributed by atoms with Crippen LogP contribution in [0.5, 0.6) is 0 Å². The van der Waals surface area contributed by atoms with E-state index in [9.17, 15) is 40.1 Å². The third-order valence-electron chi connectivity index (χ3n) is 5.48. The second-order valence-corrected chi connectivity index (χ2v) is 9.59. The average Bonchev–Trinajstić information content (AvgIpc) is 3.24. The molecule has 0 aliphatic carbocycles. The fraction of sp³-hybridized carbons (Fsp3) is 0.364. The van der Waals surface area contributed by atoms with Gasteiger partial charge in [0.15, 0.2) is 4.90 Å². The van der Waals surface area contributed by atoms with Crippen molar-refractivity contribution >= 4 is 28.7 Å². The Morgan fingerprint density at radius 3 is 2.32 bits per heavy atom. The van der Waals surface area contributed by atoms with Crippen molar-refractivity contribution in [1.29, 1.82) is 5.41 Å². The van der Waals surface area contributed by atoms with Crippen molar-refractivity contribution in [2.45, 2.75) is 49.1 Å². The number of hydrogen-bond donors (Lipinski definition) is 3. The molecule has 3 rings (SSSR count). The maximum absolute atomic E-state index is 13.2. The van der Waals surface area contributed by atoms with E-state index >= 15 is 0 Å². The minimum Gasteiger partial charge on any atom is -0.593 e. The van der Waals surface area contributed by atoms with Crippen LogP contribution in [-0.4, -0.2) is 55.2 Å². The summed E-state index contributed by atoms with van der Waals surface area (Å²) in [4.78, 5) is 19.3. The Kier molecular flexibility index (Phi) is 8.99. The quantitative estimate of drug-likeness (QED) is 0.251. The van der Waals surface area contributed by atoms with Gasteiger partial charge in [0.2, 0.25) is 11.7 Å². The minimum atomic E-state index is -5.09. The van der Waals surface area contributed by atoms with Gasteiger partial charge in [-0.15, -0.1) is 4.31 Å². The Hall–Kier alpha value is -3.24. The molecule has 1 aromatic heterocycles. The van der Waals surface area contributed by atoms with E-state index in [1.54, 1.807) is 6.92 Å². The first-order chi connectivity index (χ1) is 17.7. The zero-order chi connectivity index (χ0) is 28.3. The average molecular weight is 567 g/mol. The van der Waals surface area contributed by atoms with Gasteiger partial charge in [0.05, 0.1) is 35.5 Å². The van der Waals surface area contributed by atoms with Crippen LogP contribution in [0, 0.1) is 11.2 Å². The SMILES string of the molecule is CC1CCC(C(=O)NC/C(=C/Nc2cnc(C(F)(F)F)nc2)C(=N)C(F)(F)F)N1[S+]([O-])c1ccc(F)cc1. The molecule has 1 aromatic carbocycles. The van der Waals surface area contributed by atoms with Gasteiger partial charge in [-0.05, 0) is 44.0 Å². The van der Waals surface area contributed by atoms with Crippen molar-refractivity contribution in [2.75, 3.05) is 11.9 Å². The fourth-order valence-corrected chi connectivity index (χ4v) is 5.05. The summed E-state index contributed by atoms with van der Waals surface area (Å²) in [5.41, 5.74) is -2.73. The molecule has 3 N–H and O–H groups in total. The lowest BCUT2D eigenvalue weighted by Gasteiger charge is -2.28. The molecule has 0 radical (unpaired) electrons. The summed E-state index contributed by atoms with van der Waals surface area (Å²) in [6, 6.07) is 3.51. The molecule has 0 saturated carbocycles. The largest absolute Gasteiger partial charge is 0.593 e. The van der Waals surface area contributed by atoms with Crippen LogP contribution in [0.3, 0.4) is 0 Å². The molecule has 1 fully saturated rings. The summed E-state index contributed by atoms with van der Waals surface area (Å²) in [5, 5.41) is 12.0. The van der Waals surface area contributed by atoms with Crippen LogP contribution in [0.2, 0.25) is 0 Å². The van der Waals surface area contributed by atoms with Crippen LogP contribution in [-0.2, 0) is 22.3 Å². The van der Waals surface area contributed by atoms with Gasteiger partial charge < -0.3 is 15.2 Å². The number of amides is 1. The topological polar surface area (TPSA) is 117 Å². The summed E-state index contributed by atoms with van der Waals surface area (Å²) in [6.45, 7) is 0.947. The number of alkyl halides is 6. The standard InChI is InChI=1S/C22H21F7N6O2S/c1-12-2-7-17(35(12)38(37)16-5-3-14(23)4-6-16)19(36)32-9-13(18(30)21(24,25)26)8-31-15-10-33-20(34-11-15)22(27,28)29/h3-6,8,10-12,17,30-31H,2,7,9H2,1H3,(H,32,36)/b13-8-,30-18?. The number of anilines is 1. The number of aromatic nitrogens is 2. The Labute approximate surface area is 215 Å². The van der Waals surface area contributed by atoms with E-state index in [2.05, 4.69) is 20.6 Å². The molecule has 0 bridgehead atoms. The summed E-state index contributed by atoms with van der Waals surface area (Å²) in [7, 11) is 0. The van der Waals surface area contributed by atoms with Crippen molar-refractivity contribution in [2.24, 2.45) is 0 Å². The van der Waals surface area contributed by atoms with Gasteiger partial charge in [0.1, 0.15) is 17.6 Å². The van der Waals surface area contributed by atoms with Crippen molar-refractivity contribution in [3.05, 3.63) is 60.1 Å². The van der Waals surface area contributed by atoms with Gasteiger partial charge in [-0.2, -0.15) is 26.3 Å². The molecule has 16 heteroatoms. The lowest BCUT2D eigenvalue weighted by atomic mass is 10.1. The molecule has 3 unspecified atom stereocenters. The number of carbonyl (C=O) groups excluding carboxylic acids is 1. The zero-order valence-electron chi connectivity index (χ0n) is 19.5. The number of nitrogens with zero attached hydrogens (tertiary/aromatic N) is 3. The third-order valence-corrected chi connectivity index (χ3v) is 7.16. The Morgan fingerprint density at radius 2 is 1.76 bits per heavy atom. The maximum atomic E-state index is 13.2. The predicted molar refractivity (Wildman–Crippen MR) is 123 cm³/mol. The van der Waals surface area contributed by atoms with Crippen molar-refractivity contribution in [3.8, 4) is 0 Å². The van der Waals surface area contributed by atoms with Gasteiger partial charge >= 0.3 is 12.4 Å². The van der Waals surface area contributed by atoms with Crippen molar-refractivity contribution < 1.29 is 40.1 Å².